The van der Waals surface area contributed by atoms with Crippen LogP contribution in [0.4, 0.5) is 0 Å². The van der Waals surface area contributed by atoms with E-state index < -0.39 is 23.2 Å². The maximum Gasteiger partial charge on any atom is 0.193 e. The Morgan fingerprint density at radius 2 is 1.79 bits per heavy atom. The Bertz CT molecular complexity index is 877. The van der Waals surface area contributed by atoms with Gasteiger partial charge in [-0.05, 0) is 43.7 Å². The zero-order valence-corrected chi connectivity index (χ0v) is 15.9. The normalized spacial score (nSPS) is 12.9. The molecule has 0 saturated heterocycles. The molecule has 0 aromatic heterocycles. The highest BCUT2D eigenvalue weighted by molar-refractivity contribution is 6.11. The fourth-order valence-corrected chi connectivity index (χ4v) is 2.58. The Hall–Kier alpha value is -3.03. The summed E-state index contributed by atoms with van der Waals surface area (Å²) in [7, 11) is 1.25. The molecule has 0 amide bonds. The highest BCUT2D eigenvalue weighted by atomic mass is 16.5. The molecule has 7 heteroatoms. The van der Waals surface area contributed by atoms with Crippen molar-refractivity contribution in [3.8, 4) is 23.0 Å². The summed E-state index contributed by atoms with van der Waals surface area (Å²) in [6.07, 6.45) is 1.26. The van der Waals surface area contributed by atoms with Gasteiger partial charge in [-0.3, -0.25) is 4.79 Å². The number of rotatable bonds is 7. The summed E-state index contributed by atoms with van der Waals surface area (Å²) in [6, 6.07) is 7.32. The molecule has 2 aromatic carbocycles. The Kier molecular flexibility index (Phi) is 6.33. The van der Waals surface area contributed by atoms with Gasteiger partial charge in [0.1, 0.15) is 17.1 Å². The van der Waals surface area contributed by atoms with E-state index in [4.69, 9.17) is 4.74 Å². The number of allylic oxidation sites excluding steroid dienone is 1. The predicted molar refractivity (Wildman–Crippen MR) is 104 cm³/mol. The molecule has 0 fully saturated rings. The molecule has 2 rings (SSSR count). The van der Waals surface area contributed by atoms with Crippen LogP contribution in [-0.2, 0) is 6.42 Å². The van der Waals surface area contributed by atoms with E-state index in [0.29, 0.717) is 5.56 Å². The van der Waals surface area contributed by atoms with Crippen molar-refractivity contribution in [2.45, 2.75) is 32.0 Å². The summed E-state index contributed by atoms with van der Waals surface area (Å²) in [5, 5.41) is 50.1. The van der Waals surface area contributed by atoms with Gasteiger partial charge in [-0.2, -0.15) is 0 Å². The SMILES string of the molecule is COc1c(O)cc(C[C@H](O)C(C)(C)O)c(O)c1C(=O)C=Cc1ccc(O)cc1. The molecule has 0 heterocycles. The number of phenolic OH excluding ortho intramolecular Hbond substituents is 3. The first-order valence-corrected chi connectivity index (χ1v) is 8.58. The quantitative estimate of drug-likeness (QED) is 0.280. The van der Waals surface area contributed by atoms with Crippen molar-refractivity contribution in [2.75, 3.05) is 7.11 Å². The minimum atomic E-state index is -1.44. The van der Waals surface area contributed by atoms with E-state index in [0.717, 1.165) is 0 Å². The molecule has 0 saturated carbocycles. The first-order chi connectivity index (χ1) is 13.0. The third-order valence-corrected chi connectivity index (χ3v) is 4.31. The molecule has 0 spiro atoms. The minimum absolute atomic E-state index is 0.0887. The van der Waals surface area contributed by atoms with Gasteiger partial charge >= 0.3 is 0 Å². The zero-order chi connectivity index (χ0) is 21.1. The van der Waals surface area contributed by atoms with Crippen LogP contribution in [0, 0.1) is 0 Å². The first kappa shape index (κ1) is 21.3. The average Bonchev–Trinajstić information content (AvgIpc) is 2.62. The average molecular weight is 388 g/mol. The van der Waals surface area contributed by atoms with Crippen LogP contribution in [0.15, 0.2) is 36.4 Å². The second kappa shape index (κ2) is 8.33. The fraction of sp³-hybridized carbons (Fsp3) is 0.286. The lowest BCUT2D eigenvalue weighted by molar-refractivity contribution is -0.0471. The number of carbonyl (C=O) groups excluding carboxylic acids is 1. The molecular weight excluding hydrogens is 364 g/mol. The highest BCUT2D eigenvalue weighted by Gasteiger charge is 2.29. The summed E-state index contributed by atoms with van der Waals surface area (Å²) in [4.78, 5) is 12.7. The third-order valence-electron chi connectivity index (χ3n) is 4.31. The van der Waals surface area contributed by atoms with Gasteiger partial charge in [0.2, 0.25) is 0 Å². The van der Waals surface area contributed by atoms with Gasteiger partial charge in [0.15, 0.2) is 17.3 Å². The minimum Gasteiger partial charge on any atom is -0.508 e. The molecule has 0 unspecified atom stereocenters. The van der Waals surface area contributed by atoms with E-state index in [1.807, 2.05) is 0 Å². The van der Waals surface area contributed by atoms with Gasteiger partial charge in [-0.15, -0.1) is 0 Å². The number of carbonyl (C=O) groups is 1. The topological polar surface area (TPSA) is 127 Å². The van der Waals surface area contributed by atoms with Gasteiger partial charge in [0.05, 0.1) is 18.8 Å². The molecule has 0 aliphatic rings. The van der Waals surface area contributed by atoms with Gasteiger partial charge < -0.3 is 30.3 Å². The molecule has 0 bridgehead atoms. The van der Waals surface area contributed by atoms with E-state index in [9.17, 15) is 30.3 Å². The first-order valence-electron chi connectivity index (χ1n) is 8.58. The van der Waals surface area contributed by atoms with Crippen molar-refractivity contribution < 1.29 is 35.1 Å². The van der Waals surface area contributed by atoms with Crippen LogP contribution in [0.25, 0.3) is 6.08 Å². The van der Waals surface area contributed by atoms with Crippen molar-refractivity contribution in [3.63, 3.8) is 0 Å². The monoisotopic (exact) mass is 388 g/mol. The molecule has 2 aromatic rings. The number of hydrogen-bond donors (Lipinski definition) is 5. The van der Waals surface area contributed by atoms with Crippen molar-refractivity contribution in [2.24, 2.45) is 0 Å². The van der Waals surface area contributed by atoms with E-state index in [2.05, 4.69) is 0 Å². The Labute approximate surface area is 162 Å². The molecular formula is C21H24O7. The van der Waals surface area contributed by atoms with Crippen LogP contribution in [0.2, 0.25) is 0 Å². The number of methoxy groups -OCH3 is 1. The van der Waals surface area contributed by atoms with E-state index >= 15 is 0 Å². The molecule has 1 atom stereocenters. The van der Waals surface area contributed by atoms with Crippen LogP contribution in [-0.4, -0.2) is 50.1 Å². The zero-order valence-electron chi connectivity index (χ0n) is 15.9. The van der Waals surface area contributed by atoms with Crippen molar-refractivity contribution in [1.82, 2.24) is 0 Å². The second-order valence-electron chi connectivity index (χ2n) is 6.97. The van der Waals surface area contributed by atoms with Crippen molar-refractivity contribution in [3.05, 3.63) is 53.1 Å². The third kappa shape index (κ3) is 4.82. The molecule has 5 N–H and O–H groups in total. The summed E-state index contributed by atoms with van der Waals surface area (Å²) in [5.74, 6) is -1.56. The van der Waals surface area contributed by atoms with Crippen LogP contribution in [0.3, 0.4) is 0 Å². The molecule has 7 nitrogen and oxygen atoms in total. The number of ketones is 1. The molecule has 150 valence electrons. The maximum absolute atomic E-state index is 12.7. The van der Waals surface area contributed by atoms with Crippen molar-refractivity contribution >= 4 is 11.9 Å². The van der Waals surface area contributed by atoms with E-state index in [-0.39, 0.29) is 34.8 Å². The lowest BCUT2D eigenvalue weighted by Crippen LogP contribution is -2.37. The number of hydrogen-bond acceptors (Lipinski definition) is 7. The largest absolute Gasteiger partial charge is 0.508 e. The van der Waals surface area contributed by atoms with Crippen LogP contribution < -0.4 is 4.74 Å². The fourth-order valence-electron chi connectivity index (χ4n) is 2.58. The molecule has 0 radical (unpaired) electrons. The second-order valence-corrected chi connectivity index (χ2v) is 6.97. The van der Waals surface area contributed by atoms with Gasteiger partial charge in [-0.25, -0.2) is 0 Å². The van der Waals surface area contributed by atoms with Gasteiger partial charge in [0.25, 0.3) is 0 Å². The lowest BCUT2D eigenvalue weighted by atomic mass is 9.92. The Morgan fingerprint density at radius 1 is 1.18 bits per heavy atom. The maximum atomic E-state index is 12.7. The van der Waals surface area contributed by atoms with Crippen LogP contribution >= 0.6 is 0 Å². The molecule has 0 aliphatic heterocycles. The number of ether oxygens (including phenoxy) is 1. The van der Waals surface area contributed by atoms with Gasteiger partial charge in [-0.1, -0.05) is 18.2 Å². The van der Waals surface area contributed by atoms with Crippen molar-refractivity contribution in [1.29, 1.82) is 0 Å². The van der Waals surface area contributed by atoms with Gasteiger partial charge in [0, 0.05) is 12.0 Å². The van der Waals surface area contributed by atoms with Crippen LogP contribution in [0.1, 0.15) is 35.3 Å². The molecule has 28 heavy (non-hydrogen) atoms. The summed E-state index contributed by atoms with van der Waals surface area (Å²) < 4.78 is 5.06. The summed E-state index contributed by atoms with van der Waals surface area (Å²) in [5.41, 5.74) is -0.961. The predicted octanol–water partition coefficient (Wildman–Crippen LogP) is 2.38. The van der Waals surface area contributed by atoms with E-state index in [1.54, 1.807) is 12.1 Å². The number of aromatic hydroxyl groups is 3. The smallest absolute Gasteiger partial charge is 0.193 e. The Balaban J connectivity index is 2.43. The standard InChI is InChI=1S/C21H24O7/c1-21(2,27)17(25)11-13-10-16(24)20(28-3)18(19(13)26)15(23)9-6-12-4-7-14(22)8-5-12/h4-10,17,22,24-27H,11H2,1-3H3/t17-/m0/s1. The summed E-state index contributed by atoms with van der Waals surface area (Å²) in [6.45, 7) is 2.81. The summed E-state index contributed by atoms with van der Waals surface area (Å²) >= 11 is 0. The number of benzene rings is 2. The molecule has 0 aliphatic carbocycles. The van der Waals surface area contributed by atoms with Crippen LogP contribution in [0.5, 0.6) is 23.0 Å². The highest BCUT2D eigenvalue weighted by Crippen LogP contribution is 2.40. The number of aliphatic hydroxyl groups is 2. The number of aliphatic hydroxyl groups excluding tert-OH is 1. The lowest BCUT2D eigenvalue weighted by Gasteiger charge is -2.25. The van der Waals surface area contributed by atoms with E-state index in [1.165, 1.54) is 51.3 Å². The number of phenols is 3. The Morgan fingerprint density at radius 3 is 2.32 bits per heavy atom.